The Hall–Kier alpha value is -2.34. The molecule has 3 rings (SSSR count). The van der Waals surface area contributed by atoms with E-state index < -0.39 is 18.0 Å². The summed E-state index contributed by atoms with van der Waals surface area (Å²) >= 11 is 0. The van der Waals surface area contributed by atoms with Crippen LogP contribution < -0.4 is 0 Å². The van der Waals surface area contributed by atoms with Crippen molar-refractivity contribution in [2.45, 2.75) is 25.8 Å². The second-order valence-electron chi connectivity index (χ2n) is 6.18. The van der Waals surface area contributed by atoms with E-state index in [2.05, 4.69) is 4.98 Å². The topological polar surface area (TPSA) is 93.6 Å². The predicted molar refractivity (Wildman–Crippen MR) is 85.3 cm³/mol. The Bertz CT molecular complexity index is 744. The minimum absolute atomic E-state index is 0.370. The number of aryl methyl sites for hydroxylation is 1. The molecule has 1 aliphatic heterocycles. The van der Waals surface area contributed by atoms with Crippen LogP contribution in [0.4, 0.5) is 0 Å². The fourth-order valence-corrected chi connectivity index (χ4v) is 3.37. The number of aliphatic carboxylic acids is 2. The number of aromatic nitrogens is 1. The lowest BCUT2D eigenvalue weighted by Crippen LogP contribution is -2.41. The van der Waals surface area contributed by atoms with Crippen LogP contribution in [0.2, 0.25) is 0 Å². The number of likely N-dealkylation sites (tertiary alicyclic amines) is 1. The lowest BCUT2D eigenvalue weighted by atomic mass is 9.94. The van der Waals surface area contributed by atoms with Crippen molar-refractivity contribution in [2.24, 2.45) is 5.92 Å². The van der Waals surface area contributed by atoms with E-state index in [9.17, 15) is 14.7 Å². The zero-order valence-corrected chi connectivity index (χ0v) is 13.0. The molecule has 0 amide bonds. The Balaban J connectivity index is 1.91. The summed E-state index contributed by atoms with van der Waals surface area (Å²) in [6.07, 6.45) is 2.73. The smallest absolute Gasteiger partial charge is 0.325 e. The van der Waals surface area contributed by atoms with Crippen LogP contribution in [0, 0.1) is 12.8 Å². The van der Waals surface area contributed by atoms with Gasteiger partial charge in [-0.3, -0.25) is 14.5 Å². The summed E-state index contributed by atoms with van der Waals surface area (Å²) in [7, 11) is 0. The second-order valence-corrected chi connectivity index (χ2v) is 6.18. The van der Waals surface area contributed by atoms with Gasteiger partial charge in [0, 0.05) is 35.8 Å². The molecular formula is C17H20N2O4. The number of carboxylic acid groups (broad SMARTS) is 2. The van der Waals surface area contributed by atoms with Gasteiger partial charge in [0.15, 0.2) is 0 Å². The van der Waals surface area contributed by atoms with Gasteiger partial charge in [0.25, 0.3) is 0 Å². The van der Waals surface area contributed by atoms with Crippen LogP contribution in [0.15, 0.2) is 24.4 Å². The molecule has 1 aliphatic rings. The van der Waals surface area contributed by atoms with E-state index in [4.69, 9.17) is 5.11 Å². The molecule has 0 bridgehead atoms. The highest BCUT2D eigenvalue weighted by molar-refractivity contribution is 5.89. The first-order chi connectivity index (χ1) is 11.0. The van der Waals surface area contributed by atoms with Gasteiger partial charge in [0.05, 0.1) is 5.92 Å². The minimum Gasteiger partial charge on any atom is -0.481 e. The van der Waals surface area contributed by atoms with Gasteiger partial charge in [-0.2, -0.15) is 0 Å². The monoisotopic (exact) mass is 316 g/mol. The normalized spacial score (nSPS) is 18.1. The maximum atomic E-state index is 11.9. The highest BCUT2D eigenvalue weighted by atomic mass is 16.4. The first kappa shape index (κ1) is 15.6. The number of benzene rings is 1. The van der Waals surface area contributed by atoms with E-state index >= 15 is 0 Å². The van der Waals surface area contributed by atoms with Crippen LogP contribution in [0.5, 0.6) is 0 Å². The summed E-state index contributed by atoms with van der Waals surface area (Å²) in [6, 6.07) is 5.17. The molecular weight excluding hydrogens is 296 g/mol. The van der Waals surface area contributed by atoms with Gasteiger partial charge < -0.3 is 15.2 Å². The molecule has 1 saturated heterocycles. The Morgan fingerprint density at radius 1 is 1.26 bits per heavy atom. The number of rotatable bonds is 4. The fourth-order valence-electron chi connectivity index (χ4n) is 3.37. The molecule has 3 N–H and O–H groups in total. The van der Waals surface area contributed by atoms with Gasteiger partial charge in [-0.15, -0.1) is 0 Å². The van der Waals surface area contributed by atoms with Crippen LogP contribution >= 0.6 is 0 Å². The molecule has 1 aromatic carbocycles. The van der Waals surface area contributed by atoms with Crippen LogP contribution in [0.1, 0.15) is 30.0 Å². The lowest BCUT2D eigenvalue weighted by Gasteiger charge is -2.34. The summed E-state index contributed by atoms with van der Waals surface area (Å²) in [6.45, 7) is 2.93. The van der Waals surface area contributed by atoms with E-state index in [1.54, 1.807) is 6.20 Å². The SMILES string of the molecule is Cc1ccc2[nH]cc([C@@H](C(=O)O)N3CCC(C(=O)O)CC3)c2c1. The lowest BCUT2D eigenvalue weighted by molar-refractivity contribution is -0.146. The van der Waals surface area contributed by atoms with Crippen molar-refractivity contribution >= 4 is 22.8 Å². The highest BCUT2D eigenvalue weighted by Gasteiger charge is 2.34. The summed E-state index contributed by atoms with van der Waals surface area (Å²) in [5, 5.41) is 19.7. The molecule has 6 heteroatoms. The largest absolute Gasteiger partial charge is 0.481 e. The van der Waals surface area contributed by atoms with Gasteiger partial charge in [0.2, 0.25) is 0 Å². The van der Waals surface area contributed by atoms with Gasteiger partial charge in [-0.1, -0.05) is 11.6 Å². The first-order valence-electron chi connectivity index (χ1n) is 7.74. The molecule has 6 nitrogen and oxygen atoms in total. The molecule has 0 radical (unpaired) electrons. The van der Waals surface area contributed by atoms with E-state index in [-0.39, 0.29) is 5.92 Å². The third-order valence-electron chi connectivity index (χ3n) is 4.64. The number of carbonyl (C=O) groups is 2. The van der Waals surface area contributed by atoms with Crippen molar-refractivity contribution in [1.29, 1.82) is 0 Å². The molecule has 1 aromatic heterocycles. The zero-order chi connectivity index (χ0) is 16.6. The minimum atomic E-state index is -0.902. The number of piperidine rings is 1. The number of H-pyrrole nitrogens is 1. The van der Waals surface area contributed by atoms with Crippen LogP contribution in [-0.2, 0) is 9.59 Å². The van der Waals surface area contributed by atoms with Gasteiger partial charge in [-0.25, -0.2) is 0 Å². The van der Waals surface area contributed by atoms with Gasteiger partial charge >= 0.3 is 11.9 Å². The van der Waals surface area contributed by atoms with E-state index in [0.717, 1.165) is 22.0 Å². The number of nitrogens with one attached hydrogen (secondary N) is 1. The molecule has 2 heterocycles. The van der Waals surface area contributed by atoms with E-state index in [1.807, 2.05) is 30.0 Å². The summed E-state index contributed by atoms with van der Waals surface area (Å²) in [5.74, 6) is -2.06. The van der Waals surface area contributed by atoms with Crippen molar-refractivity contribution in [3.8, 4) is 0 Å². The number of nitrogens with zero attached hydrogens (tertiary/aromatic N) is 1. The molecule has 122 valence electrons. The Morgan fingerprint density at radius 3 is 2.57 bits per heavy atom. The second kappa shape index (κ2) is 6.04. The highest BCUT2D eigenvalue weighted by Crippen LogP contribution is 2.32. The van der Waals surface area contributed by atoms with Crippen LogP contribution in [-0.4, -0.2) is 45.1 Å². The van der Waals surface area contributed by atoms with Crippen LogP contribution in [0.25, 0.3) is 10.9 Å². The molecule has 2 aromatic rings. The molecule has 1 atom stereocenters. The third kappa shape index (κ3) is 2.94. The van der Waals surface area contributed by atoms with Crippen molar-refractivity contribution in [1.82, 2.24) is 9.88 Å². The Morgan fingerprint density at radius 2 is 1.96 bits per heavy atom. The average molecular weight is 316 g/mol. The van der Waals surface area contributed by atoms with Crippen LogP contribution in [0.3, 0.4) is 0 Å². The molecule has 0 unspecified atom stereocenters. The Labute approximate surface area is 133 Å². The maximum Gasteiger partial charge on any atom is 0.325 e. The van der Waals surface area contributed by atoms with Crippen molar-refractivity contribution in [3.05, 3.63) is 35.5 Å². The summed E-state index contributed by atoms with van der Waals surface area (Å²) in [4.78, 5) is 27.9. The molecule has 23 heavy (non-hydrogen) atoms. The average Bonchev–Trinajstić information content (AvgIpc) is 2.91. The summed E-state index contributed by atoms with van der Waals surface area (Å²) < 4.78 is 0. The molecule has 0 saturated carbocycles. The number of hydrogen-bond acceptors (Lipinski definition) is 3. The first-order valence-corrected chi connectivity index (χ1v) is 7.74. The molecule has 1 fully saturated rings. The van der Waals surface area contributed by atoms with E-state index in [0.29, 0.717) is 25.9 Å². The van der Waals surface area contributed by atoms with Gasteiger partial charge in [-0.05, 0) is 31.9 Å². The number of carboxylic acids is 2. The predicted octanol–water partition coefficient (Wildman–Crippen LogP) is 2.40. The number of hydrogen-bond donors (Lipinski definition) is 3. The van der Waals surface area contributed by atoms with Crippen molar-refractivity contribution in [2.75, 3.05) is 13.1 Å². The molecule has 0 spiro atoms. The number of aromatic amines is 1. The fraction of sp³-hybridized carbons (Fsp3) is 0.412. The quantitative estimate of drug-likeness (QED) is 0.805. The third-order valence-corrected chi connectivity index (χ3v) is 4.64. The maximum absolute atomic E-state index is 11.9. The van der Waals surface area contributed by atoms with Crippen molar-refractivity contribution in [3.63, 3.8) is 0 Å². The zero-order valence-electron chi connectivity index (χ0n) is 13.0. The summed E-state index contributed by atoms with van der Waals surface area (Å²) in [5.41, 5.74) is 2.73. The molecule has 0 aliphatic carbocycles. The van der Waals surface area contributed by atoms with E-state index in [1.165, 1.54) is 0 Å². The standard InChI is InChI=1S/C17H20N2O4/c1-10-2-3-14-12(8-10)13(9-18-14)15(17(22)23)19-6-4-11(5-7-19)16(20)21/h2-3,8-9,11,15,18H,4-7H2,1H3,(H,20,21)(H,22,23)/t15-/m0/s1. The van der Waals surface area contributed by atoms with Gasteiger partial charge in [0.1, 0.15) is 6.04 Å². The Kier molecular flexibility index (Phi) is 4.09. The number of fused-ring (bicyclic) bond motifs is 1. The van der Waals surface area contributed by atoms with Crippen molar-refractivity contribution < 1.29 is 19.8 Å².